The fraction of sp³-hybridized carbons (Fsp3) is 0.458. The van der Waals surface area contributed by atoms with Gasteiger partial charge in [-0.05, 0) is 44.8 Å². The van der Waals surface area contributed by atoms with E-state index in [0.29, 0.717) is 19.1 Å². The summed E-state index contributed by atoms with van der Waals surface area (Å²) in [6, 6.07) is 9.50. The van der Waals surface area contributed by atoms with Gasteiger partial charge >= 0.3 is 0 Å². The number of aryl methyl sites for hydroxylation is 1. The maximum atomic E-state index is 14.3. The second-order valence-electron chi connectivity index (χ2n) is 8.14. The maximum absolute atomic E-state index is 14.3. The molecule has 8 heteroatoms. The minimum absolute atomic E-state index is 0.0356. The predicted molar refractivity (Wildman–Crippen MR) is 122 cm³/mol. The Morgan fingerprint density at radius 2 is 1.97 bits per heavy atom. The second kappa shape index (κ2) is 11.2. The van der Waals surface area contributed by atoms with Crippen LogP contribution in [0.3, 0.4) is 0 Å². The van der Waals surface area contributed by atoms with Gasteiger partial charge in [-0.1, -0.05) is 18.2 Å². The van der Waals surface area contributed by atoms with Gasteiger partial charge < -0.3 is 25.0 Å². The van der Waals surface area contributed by atoms with Crippen LogP contribution in [0.15, 0.2) is 41.4 Å². The van der Waals surface area contributed by atoms with Crippen LogP contribution in [0.25, 0.3) is 0 Å². The molecule has 2 aromatic rings. The summed E-state index contributed by atoms with van der Waals surface area (Å²) in [5, 5.41) is 6.45. The van der Waals surface area contributed by atoms with Crippen LogP contribution in [0.2, 0.25) is 0 Å². The molecule has 1 fully saturated rings. The molecule has 2 atom stereocenters. The van der Waals surface area contributed by atoms with Crippen LogP contribution in [0.1, 0.15) is 29.2 Å². The van der Waals surface area contributed by atoms with Crippen LogP contribution < -0.4 is 15.4 Å². The lowest BCUT2D eigenvalue weighted by molar-refractivity contribution is 0.140. The molecule has 0 radical (unpaired) electrons. The zero-order valence-corrected chi connectivity index (χ0v) is 19.1. The van der Waals surface area contributed by atoms with Gasteiger partial charge in [0, 0.05) is 37.7 Å². The monoisotopic (exact) mass is 446 g/mol. The number of halogens is 2. The van der Waals surface area contributed by atoms with Crippen LogP contribution in [-0.2, 0) is 11.3 Å². The number of nitrogens with one attached hydrogen (secondary N) is 2. The summed E-state index contributed by atoms with van der Waals surface area (Å²) in [7, 11) is 5.24. The first-order chi connectivity index (χ1) is 15.4. The molecule has 1 aliphatic heterocycles. The standard InChI is InChI=1S/C24H32F2N4O2/c1-16-8-9-17(22(12-16)32-18-10-11-31-15-18)13-28-24(27-2)29-14-21(30(3)4)23-19(25)6-5-7-20(23)26/h5-9,12,18,21H,10-11,13-15H2,1-4H3,(H2,27,28,29). The van der Waals surface area contributed by atoms with Crippen molar-refractivity contribution in [1.82, 2.24) is 15.5 Å². The van der Waals surface area contributed by atoms with Crippen molar-refractivity contribution in [1.29, 1.82) is 0 Å². The van der Waals surface area contributed by atoms with Crippen LogP contribution in [0.4, 0.5) is 8.78 Å². The van der Waals surface area contributed by atoms with E-state index in [1.807, 2.05) is 25.1 Å². The highest BCUT2D eigenvalue weighted by atomic mass is 19.1. The molecule has 0 spiro atoms. The van der Waals surface area contributed by atoms with Gasteiger partial charge in [0.15, 0.2) is 5.96 Å². The van der Waals surface area contributed by atoms with Crippen LogP contribution in [0, 0.1) is 18.6 Å². The average Bonchev–Trinajstić information content (AvgIpc) is 3.26. The topological polar surface area (TPSA) is 58.1 Å². The molecule has 1 aliphatic rings. The van der Waals surface area contributed by atoms with Crippen molar-refractivity contribution >= 4 is 5.96 Å². The van der Waals surface area contributed by atoms with Gasteiger partial charge in [0.25, 0.3) is 0 Å². The lowest BCUT2D eigenvalue weighted by atomic mass is 10.0. The summed E-state index contributed by atoms with van der Waals surface area (Å²) in [6.07, 6.45) is 0.937. The Balaban J connectivity index is 1.65. The van der Waals surface area contributed by atoms with Gasteiger partial charge in [0.1, 0.15) is 23.5 Å². The van der Waals surface area contributed by atoms with E-state index >= 15 is 0 Å². The van der Waals surface area contributed by atoms with Crippen LogP contribution in [-0.4, -0.2) is 57.9 Å². The number of likely N-dealkylation sites (N-methyl/N-ethyl adjacent to an activating group) is 1. The third-order valence-corrected chi connectivity index (χ3v) is 5.49. The highest BCUT2D eigenvalue weighted by Gasteiger charge is 2.23. The molecule has 32 heavy (non-hydrogen) atoms. The Hall–Kier alpha value is -2.71. The van der Waals surface area contributed by atoms with Gasteiger partial charge in [0.2, 0.25) is 0 Å². The number of nitrogens with zero attached hydrogens (tertiary/aromatic N) is 2. The quantitative estimate of drug-likeness (QED) is 0.481. The van der Waals surface area contributed by atoms with E-state index in [1.165, 1.54) is 18.2 Å². The van der Waals surface area contributed by atoms with Crippen molar-refractivity contribution in [3.8, 4) is 5.75 Å². The molecule has 3 rings (SSSR count). The van der Waals surface area contributed by atoms with Gasteiger partial charge in [-0.25, -0.2) is 8.78 Å². The van der Waals surface area contributed by atoms with E-state index in [9.17, 15) is 8.78 Å². The molecule has 0 aliphatic carbocycles. The predicted octanol–water partition coefficient (Wildman–Crippen LogP) is 3.41. The first-order valence-corrected chi connectivity index (χ1v) is 10.8. The van der Waals surface area contributed by atoms with E-state index in [0.717, 1.165) is 29.9 Å². The lowest BCUT2D eigenvalue weighted by Crippen LogP contribution is -2.42. The summed E-state index contributed by atoms with van der Waals surface area (Å²) in [4.78, 5) is 6.03. The number of guanidine groups is 1. The fourth-order valence-electron chi connectivity index (χ4n) is 3.67. The van der Waals surface area contributed by atoms with Crippen molar-refractivity contribution in [2.75, 3.05) is 40.9 Å². The minimum atomic E-state index is -0.564. The Kier molecular flexibility index (Phi) is 8.41. The normalized spacial score (nSPS) is 17.5. The molecule has 0 amide bonds. The van der Waals surface area contributed by atoms with E-state index in [-0.39, 0.29) is 18.2 Å². The molecule has 0 bridgehead atoms. The summed E-state index contributed by atoms with van der Waals surface area (Å²) >= 11 is 0. The Bertz CT molecular complexity index is 910. The molecule has 2 N–H and O–H groups in total. The first kappa shape index (κ1) is 23.9. The summed E-state index contributed by atoms with van der Waals surface area (Å²) < 4.78 is 40.2. The third-order valence-electron chi connectivity index (χ3n) is 5.49. The van der Waals surface area contributed by atoms with Crippen molar-refractivity contribution < 1.29 is 18.3 Å². The lowest BCUT2D eigenvalue weighted by Gasteiger charge is -2.26. The average molecular weight is 447 g/mol. The summed E-state index contributed by atoms with van der Waals surface area (Å²) in [5.74, 6) is 0.226. The number of ether oxygens (including phenoxy) is 2. The third kappa shape index (κ3) is 6.17. The Morgan fingerprint density at radius 3 is 2.59 bits per heavy atom. The fourth-order valence-corrected chi connectivity index (χ4v) is 3.67. The smallest absolute Gasteiger partial charge is 0.191 e. The largest absolute Gasteiger partial charge is 0.488 e. The van der Waals surface area contributed by atoms with E-state index in [2.05, 4.69) is 15.6 Å². The first-order valence-electron chi connectivity index (χ1n) is 10.8. The zero-order valence-electron chi connectivity index (χ0n) is 19.1. The van der Waals surface area contributed by atoms with E-state index in [1.54, 1.807) is 26.0 Å². The minimum Gasteiger partial charge on any atom is -0.488 e. The van der Waals surface area contributed by atoms with Gasteiger partial charge in [0.05, 0.1) is 19.3 Å². The van der Waals surface area contributed by atoms with Gasteiger partial charge in [-0.2, -0.15) is 0 Å². The number of aliphatic imine (C=N–C) groups is 1. The molecule has 0 aromatic heterocycles. The molecule has 6 nitrogen and oxygen atoms in total. The van der Waals surface area contributed by atoms with Crippen LogP contribution >= 0.6 is 0 Å². The van der Waals surface area contributed by atoms with Crippen molar-refractivity contribution in [3.63, 3.8) is 0 Å². The van der Waals surface area contributed by atoms with Crippen molar-refractivity contribution in [3.05, 3.63) is 64.7 Å². The summed E-state index contributed by atoms with van der Waals surface area (Å²) in [6.45, 7) is 4.11. The van der Waals surface area contributed by atoms with Crippen molar-refractivity contribution in [2.45, 2.75) is 32.0 Å². The highest BCUT2D eigenvalue weighted by Crippen LogP contribution is 2.25. The Morgan fingerprint density at radius 1 is 1.22 bits per heavy atom. The highest BCUT2D eigenvalue weighted by molar-refractivity contribution is 5.79. The van der Waals surface area contributed by atoms with Gasteiger partial charge in [-0.3, -0.25) is 4.99 Å². The van der Waals surface area contributed by atoms with Gasteiger partial charge in [-0.15, -0.1) is 0 Å². The number of hydrogen-bond donors (Lipinski definition) is 2. The molecule has 1 saturated heterocycles. The van der Waals surface area contributed by atoms with Crippen molar-refractivity contribution in [2.24, 2.45) is 4.99 Å². The van der Waals surface area contributed by atoms with E-state index in [4.69, 9.17) is 9.47 Å². The van der Waals surface area contributed by atoms with E-state index < -0.39 is 17.7 Å². The number of hydrogen-bond acceptors (Lipinski definition) is 4. The maximum Gasteiger partial charge on any atom is 0.191 e. The SMILES string of the molecule is CN=C(NCc1ccc(C)cc1OC1CCOC1)NCC(c1c(F)cccc1F)N(C)C. The second-order valence-corrected chi connectivity index (χ2v) is 8.14. The number of rotatable bonds is 8. The molecule has 2 aromatic carbocycles. The molecule has 2 unspecified atom stereocenters. The molecular weight excluding hydrogens is 414 g/mol. The zero-order chi connectivity index (χ0) is 23.1. The molecular formula is C24H32F2N4O2. The number of benzene rings is 2. The molecule has 1 heterocycles. The molecule has 0 saturated carbocycles. The summed E-state index contributed by atoms with van der Waals surface area (Å²) in [5.41, 5.74) is 2.15. The molecule has 174 valence electrons. The Labute approximate surface area is 188 Å². The van der Waals surface area contributed by atoms with Crippen LogP contribution in [0.5, 0.6) is 5.75 Å².